The van der Waals surface area contributed by atoms with Crippen molar-refractivity contribution in [2.24, 2.45) is 5.92 Å². The summed E-state index contributed by atoms with van der Waals surface area (Å²) in [6, 6.07) is 7.10. The van der Waals surface area contributed by atoms with E-state index in [-0.39, 0.29) is 5.92 Å². The van der Waals surface area contributed by atoms with Crippen LogP contribution in [-0.2, 0) is 19.1 Å². The molecule has 0 aromatic heterocycles. The number of hydrogen-bond acceptors (Lipinski definition) is 5. The fourth-order valence-electron chi connectivity index (χ4n) is 2.63. The average molecular weight is 368 g/mol. The van der Waals surface area contributed by atoms with Gasteiger partial charge in [-0.05, 0) is 37.6 Å². The van der Waals surface area contributed by atoms with Gasteiger partial charge in [0.25, 0.3) is 0 Å². The van der Waals surface area contributed by atoms with Gasteiger partial charge in [-0.3, -0.25) is 0 Å². The van der Waals surface area contributed by atoms with E-state index in [0.717, 1.165) is 11.1 Å². The van der Waals surface area contributed by atoms with Crippen molar-refractivity contribution < 1.29 is 23.8 Å². The Morgan fingerprint density at radius 2 is 1.59 bits per heavy atom. The molecule has 0 spiro atoms. The second kappa shape index (κ2) is 8.54. The second-order valence-electron chi connectivity index (χ2n) is 6.47. The maximum Gasteiger partial charge on any atom is 0.338 e. The van der Waals surface area contributed by atoms with Crippen molar-refractivity contribution in [3.8, 4) is 5.75 Å². The molecule has 0 heterocycles. The number of esters is 2. The van der Waals surface area contributed by atoms with Crippen LogP contribution in [-0.4, -0.2) is 25.2 Å². The van der Waals surface area contributed by atoms with Crippen LogP contribution in [0.25, 0.3) is 5.57 Å². The van der Waals surface area contributed by atoms with E-state index in [1.54, 1.807) is 33.1 Å². The first-order chi connectivity index (χ1) is 12.7. The SMILES string of the molecule is C=C(C)C(=O)Oc1ccc(C2=C(OC)C(C)C(OC(=O)C(=C)C)C=C2)cc1. The Morgan fingerprint density at radius 1 is 1.00 bits per heavy atom. The minimum absolute atomic E-state index is 0.154. The Bertz CT molecular complexity index is 827. The van der Waals surface area contributed by atoms with Crippen molar-refractivity contribution in [3.05, 3.63) is 72.0 Å². The summed E-state index contributed by atoms with van der Waals surface area (Å²) in [6.07, 6.45) is 3.27. The zero-order chi connectivity index (χ0) is 20.1. The minimum Gasteiger partial charge on any atom is -0.500 e. The fourth-order valence-corrected chi connectivity index (χ4v) is 2.63. The van der Waals surface area contributed by atoms with Crippen molar-refractivity contribution >= 4 is 17.5 Å². The molecule has 2 rings (SSSR count). The molecule has 2 atom stereocenters. The van der Waals surface area contributed by atoms with Gasteiger partial charge in [0.05, 0.1) is 13.0 Å². The molecule has 0 aliphatic heterocycles. The molecule has 2 unspecified atom stereocenters. The van der Waals surface area contributed by atoms with Gasteiger partial charge in [0.1, 0.15) is 17.6 Å². The van der Waals surface area contributed by atoms with Crippen LogP contribution in [0.3, 0.4) is 0 Å². The summed E-state index contributed by atoms with van der Waals surface area (Å²) in [5.41, 5.74) is 2.47. The molecular weight excluding hydrogens is 344 g/mol. The largest absolute Gasteiger partial charge is 0.500 e. The molecule has 0 N–H and O–H groups in total. The first-order valence-electron chi connectivity index (χ1n) is 8.55. The number of rotatable bonds is 6. The molecule has 27 heavy (non-hydrogen) atoms. The number of ether oxygens (including phenoxy) is 3. The topological polar surface area (TPSA) is 61.8 Å². The lowest BCUT2D eigenvalue weighted by molar-refractivity contribution is -0.144. The van der Waals surface area contributed by atoms with E-state index in [1.807, 2.05) is 31.2 Å². The number of allylic oxidation sites excluding steroid dienone is 2. The van der Waals surface area contributed by atoms with Crippen LogP contribution in [0.5, 0.6) is 5.75 Å². The van der Waals surface area contributed by atoms with Crippen molar-refractivity contribution in [2.45, 2.75) is 26.9 Å². The summed E-state index contributed by atoms with van der Waals surface area (Å²) in [4.78, 5) is 23.4. The van der Waals surface area contributed by atoms with E-state index in [2.05, 4.69) is 13.2 Å². The van der Waals surface area contributed by atoms with Crippen molar-refractivity contribution in [1.82, 2.24) is 0 Å². The molecule has 0 amide bonds. The standard InChI is InChI=1S/C22H24O5/c1-13(2)21(23)26-17-9-7-16(8-10-17)18-11-12-19(15(5)20(18)25-6)27-22(24)14(3)4/h7-12,15,19H,1,3H2,2,4-6H3. The van der Waals surface area contributed by atoms with Gasteiger partial charge < -0.3 is 14.2 Å². The maximum atomic E-state index is 11.8. The van der Waals surface area contributed by atoms with Gasteiger partial charge >= 0.3 is 11.9 Å². The summed E-state index contributed by atoms with van der Waals surface area (Å²) in [5.74, 6) is 0.0994. The number of hydrogen-bond donors (Lipinski definition) is 0. The van der Waals surface area contributed by atoms with E-state index < -0.39 is 18.0 Å². The summed E-state index contributed by atoms with van der Waals surface area (Å²) in [6.45, 7) is 12.3. The third-order valence-electron chi connectivity index (χ3n) is 4.16. The molecule has 1 aliphatic carbocycles. The van der Waals surface area contributed by atoms with Crippen LogP contribution in [0, 0.1) is 5.92 Å². The van der Waals surface area contributed by atoms with Crippen LogP contribution >= 0.6 is 0 Å². The molecule has 1 aromatic rings. The van der Waals surface area contributed by atoms with E-state index in [1.165, 1.54) is 0 Å². The lowest BCUT2D eigenvalue weighted by Gasteiger charge is -2.28. The summed E-state index contributed by atoms with van der Waals surface area (Å²) in [5, 5.41) is 0. The molecule has 0 saturated heterocycles. The zero-order valence-corrected chi connectivity index (χ0v) is 16.1. The van der Waals surface area contributed by atoms with Crippen LogP contribution in [0.15, 0.2) is 66.5 Å². The molecule has 0 fully saturated rings. The van der Waals surface area contributed by atoms with E-state index in [0.29, 0.717) is 22.7 Å². The quantitative estimate of drug-likeness (QED) is 0.427. The van der Waals surface area contributed by atoms with Crippen LogP contribution in [0.2, 0.25) is 0 Å². The van der Waals surface area contributed by atoms with Gasteiger partial charge in [0, 0.05) is 16.7 Å². The Morgan fingerprint density at radius 3 is 2.11 bits per heavy atom. The first-order valence-corrected chi connectivity index (χ1v) is 8.55. The number of carbonyl (C=O) groups excluding carboxylic acids is 2. The molecule has 0 saturated carbocycles. The van der Waals surface area contributed by atoms with Gasteiger partial charge in [0.15, 0.2) is 0 Å². The van der Waals surface area contributed by atoms with Gasteiger partial charge in [0.2, 0.25) is 0 Å². The molecular formula is C22H24O5. The predicted octanol–water partition coefficient (Wildman–Crippen LogP) is 4.22. The number of carbonyl (C=O) groups is 2. The molecule has 5 heteroatoms. The average Bonchev–Trinajstić information content (AvgIpc) is 2.63. The third kappa shape index (κ3) is 4.76. The second-order valence-corrected chi connectivity index (χ2v) is 6.47. The first kappa shape index (κ1) is 20.2. The Kier molecular flexibility index (Phi) is 6.40. The van der Waals surface area contributed by atoms with Crippen LogP contribution < -0.4 is 4.74 Å². The fraction of sp³-hybridized carbons (Fsp3) is 0.273. The molecule has 0 radical (unpaired) electrons. The molecule has 1 aliphatic rings. The van der Waals surface area contributed by atoms with Crippen molar-refractivity contribution in [1.29, 1.82) is 0 Å². The minimum atomic E-state index is -0.465. The molecule has 1 aromatic carbocycles. The van der Waals surface area contributed by atoms with Gasteiger partial charge in [-0.2, -0.15) is 0 Å². The van der Waals surface area contributed by atoms with Gasteiger partial charge in [-0.25, -0.2) is 9.59 Å². The smallest absolute Gasteiger partial charge is 0.338 e. The highest BCUT2D eigenvalue weighted by atomic mass is 16.5. The van der Waals surface area contributed by atoms with Crippen molar-refractivity contribution in [2.75, 3.05) is 7.11 Å². The van der Waals surface area contributed by atoms with Gasteiger partial charge in [-0.15, -0.1) is 0 Å². The summed E-state index contributed by atoms with van der Waals surface area (Å²) in [7, 11) is 1.59. The highest BCUT2D eigenvalue weighted by Gasteiger charge is 2.29. The van der Waals surface area contributed by atoms with Crippen LogP contribution in [0.1, 0.15) is 26.3 Å². The predicted molar refractivity (Wildman–Crippen MR) is 104 cm³/mol. The highest BCUT2D eigenvalue weighted by Crippen LogP contribution is 2.34. The lowest BCUT2D eigenvalue weighted by atomic mass is 9.89. The van der Waals surface area contributed by atoms with E-state index in [9.17, 15) is 9.59 Å². The van der Waals surface area contributed by atoms with Crippen LogP contribution in [0.4, 0.5) is 0 Å². The summed E-state index contributed by atoms with van der Waals surface area (Å²) >= 11 is 0. The lowest BCUT2D eigenvalue weighted by Crippen LogP contribution is -2.28. The highest BCUT2D eigenvalue weighted by molar-refractivity contribution is 5.89. The molecule has 5 nitrogen and oxygen atoms in total. The third-order valence-corrected chi connectivity index (χ3v) is 4.16. The van der Waals surface area contributed by atoms with Crippen molar-refractivity contribution in [3.63, 3.8) is 0 Å². The maximum absolute atomic E-state index is 11.8. The van der Waals surface area contributed by atoms with E-state index in [4.69, 9.17) is 14.2 Å². The zero-order valence-electron chi connectivity index (χ0n) is 16.1. The number of methoxy groups -OCH3 is 1. The normalized spacial score (nSPS) is 18.7. The van der Waals surface area contributed by atoms with Gasteiger partial charge in [-0.1, -0.05) is 38.3 Å². The van der Waals surface area contributed by atoms with E-state index >= 15 is 0 Å². The Balaban J connectivity index is 2.23. The Labute approximate surface area is 159 Å². The summed E-state index contributed by atoms with van der Waals surface area (Å²) < 4.78 is 16.3. The molecule has 142 valence electrons. The number of benzene rings is 1. The Hall–Kier alpha value is -3.08. The molecule has 0 bridgehead atoms. The monoisotopic (exact) mass is 368 g/mol.